The van der Waals surface area contributed by atoms with Crippen LogP contribution in [0, 0.1) is 21.7 Å². The predicted molar refractivity (Wildman–Crippen MR) is 125 cm³/mol. The van der Waals surface area contributed by atoms with Gasteiger partial charge in [-0.3, -0.25) is 10.1 Å². The molecule has 0 heterocycles. The Balaban J connectivity index is 0.00000272. The van der Waals surface area contributed by atoms with Crippen LogP contribution in [0.1, 0.15) is 5.56 Å². The van der Waals surface area contributed by atoms with E-state index in [1.165, 1.54) is 28.0 Å². The Morgan fingerprint density at radius 2 is 1.00 bits per heavy atom. The summed E-state index contributed by atoms with van der Waals surface area (Å²) in [5.74, 6) is 3.32. The van der Waals surface area contributed by atoms with Gasteiger partial charge >= 0.3 is 0 Å². The van der Waals surface area contributed by atoms with E-state index in [0.717, 1.165) is 5.56 Å². The van der Waals surface area contributed by atoms with E-state index in [4.69, 9.17) is 0 Å². The van der Waals surface area contributed by atoms with Gasteiger partial charge in [-0.1, -0.05) is 54.6 Å². The summed E-state index contributed by atoms with van der Waals surface area (Å²) in [7, 11) is -2.24. The predicted octanol–water partition coefficient (Wildman–Crippen LogP) is 4.90. The molecule has 155 valence electrons. The van der Waals surface area contributed by atoms with Crippen LogP contribution in [-0.4, -0.2) is 4.92 Å². The molecule has 0 aromatic heterocycles. The van der Waals surface area contributed by atoms with Gasteiger partial charge in [-0.2, -0.15) is 0 Å². The molecule has 1 radical (unpaired) electrons. The summed E-state index contributed by atoms with van der Waals surface area (Å²) in [4.78, 5) is 10.6. The monoisotopic (exact) mass is 605 g/mol. The van der Waals surface area contributed by atoms with Crippen LogP contribution in [0.4, 0.5) is 5.69 Å². The average Bonchev–Trinajstić information content (AvgIpc) is 2.82. The first-order valence-corrected chi connectivity index (χ1v) is 11.3. The summed E-state index contributed by atoms with van der Waals surface area (Å²) in [6.07, 6.45) is 0. The minimum absolute atomic E-state index is 0. The molecule has 0 amide bonds. The molecule has 0 aliphatic heterocycles. The number of rotatable bonds is 4. The number of nitrogens with zero attached hydrogens (tertiary/aromatic N) is 1. The standard InChI is InChI=1S/C26H19NO2P.Au/c28-27(29)23-18-16-22(17-19-23)20-21-30(24-10-4-1-5-11-24,25-12-6-2-7-13-25)26-14-8-3-9-15-26;/h1-19H;/q+1;. The minimum Gasteiger partial charge on any atom is -0.258 e. The quantitative estimate of drug-likeness (QED) is 0.109. The first-order chi connectivity index (χ1) is 14.7. The molecule has 0 saturated carbocycles. The second-order valence-electron chi connectivity index (χ2n) is 6.72. The Morgan fingerprint density at radius 3 is 1.35 bits per heavy atom. The Kier molecular flexibility index (Phi) is 7.58. The van der Waals surface area contributed by atoms with E-state index in [0.29, 0.717) is 0 Å². The summed E-state index contributed by atoms with van der Waals surface area (Å²) in [6.45, 7) is 0. The van der Waals surface area contributed by atoms with Crippen molar-refractivity contribution in [1.82, 2.24) is 0 Å². The number of benzene rings is 4. The fourth-order valence-electron chi connectivity index (χ4n) is 3.41. The van der Waals surface area contributed by atoms with Crippen molar-refractivity contribution in [3.05, 3.63) is 131 Å². The number of hydrogen-bond donors (Lipinski definition) is 0. The van der Waals surface area contributed by atoms with Crippen LogP contribution in [0.25, 0.3) is 0 Å². The maximum Gasteiger partial charge on any atom is 0.269 e. The van der Waals surface area contributed by atoms with Crippen LogP contribution in [-0.2, 0) is 22.4 Å². The Morgan fingerprint density at radius 1 is 0.613 bits per heavy atom. The fourth-order valence-corrected chi connectivity index (χ4v) is 6.85. The van der Waals surface area contributed by atoms with Crippen LogP contribution in [0.15, 0.2) is 115 Å². The minimum atomic E-state index is -2.24. The zero-order valence-corrected chi connectivity index (χ0v) is 19.5. The van der Waals surface area contributed by atoms with Gasteiger partial charge in [0.2, 0.25) is 0 Å². The van der Waals surface area contributed by atoms with Crippen molar-refractivity contribution < 1.29 is 27.3 Å². The van der Waals surface area contributed by atoms with Gasteiger partial charge in [0.25, 0.3) is 5.69 Å². The van der Waals surface area contributed by atoms with Crippen molar-refractivity contribution in [3.63, 3.8) is 0 Å². The van der Waals surface area contributed by atoms with Gasteiger partial charge in [-0.15, -0.1) is 0 Å². The molecule has 5 heteroatoms. The topological polar surface area (TPSA) is 43.1 Å². The summed E-state index contributed by atoms with van der Waals surface area (Å²) in [5.41, 5.74) is 4.46. The summed E-state index contributed by atoms with van der Waals surface area (Å²) < 4.78 is 0. The zero-order valence-electron chi connectivity index (χ0n) is 16.5. The van der Waals surface area contributed by atoms with E-state index < -0.39 is 12.2 Å². The Hall–Kier alpha value is -2.99. The molecular weight excluding hydrogens is 586 g/mol. The molecule has 0 unspecified atom stereocenters. The van der Waals surface area contributed by atoms with Crippen molar-refractivity contribution in [2.75, 3.05) is 0 Å². The summed E-state index contributed by atoms with van der Waals surface area (Å²) >= 11 is 0. The van der Waals surface area contributed by atoms with Crippen molar-refractivity contribution in [3.8, 4) is 11.6 Å². The van der Waals surface area contributed by atoms with Gasteiger partial charge in [-0.05, 0) is 54.5 Å². The third-order valence-corrected chi connectivity index (χ3v) is 8.54. The number of nitro groups is 1. The molecular formula is C26H19AuNO2P+. The number of non-ortho nitro benzene ring substituents is 1. The zero-order chi connectivity index (χ0) is 20.8. The van der Waals surface area contributed by atoms with Crippen LogP contribution in [0.5, 0.6) is 0 Å². The van der Waals surface area contributed by atoms with E-state index in [1.807, 2.05) is 54.6 Å². The molecule has 0 aliphatic carbocycles. The summed E-state index contributed by atoms with van der Waals surface area (Å²) in [6, 6.07) is 37.5. The van der Waals surface area contributed by atoms with Crippen molar-refractivity contribution in [1.29, 1.82) is 0 Å². The first-order valence-electron chi connectivity index (χ1n) is 9.54. The van der Waals surface area contributed by atoms with Crippen LogP contribution < -0.4 is 15.9 Å². The molecule has 4 rings (SSSR count). The van der Waals surface area contributed by atoms with Gasteiger partial charge in [0.05, 0.1) is 10.6 Å². The van der Waals surface area contributed by atoms with Crippen LogP contribution in [0.2, 0.25) is 0 Å². The van der Waals surface area contributed by atoms with E-state index in [9.17, 15) is 10.1 Å². The van der Waals surface area contributed by atoms with E-state index >= 15 is 0 Å². The molecule has 3 nitrogen and oxygen atoms in total. The molecule has 4 aromatic carbocycles. The number of nitro benzene ring substituents is 1. The molecule has 0 fully saturated rings. The average molecular weight is 605 g/mol. The van der Waals surface area contributed by atoms with Crippen LogP contribution >= 0.6 is 7.26 Å². The fraction of sp³-hybridized carbons (Fsp3) is 0. The van der Waals surface area contributed by atoms with Gasteiger partial charge in [0.1, 0.15) is 15.9 Å². The van der Waals surface area contributed by atoms with E-state index in [-0.39, 0.29) is 28.1 Å². The van der Waals surface area contributed by atoms with Gasteiger partial charge < -0.3 is 0 Å². The molecule has 0 aliphatic rings. The van der Waals surface area contributed by atoms with Gasteiger partial charge in [-0.25, -0.2) is 0 Å². The molecule has 4 aromatic rings. The molecule has 0 saturated heterocycles. The third-order valence-electron chi connectivity index (χ3n) is 4.88. The second-order valence-corrected chi connectivity index (χ2v) is 9.83. The largest absolute Gasteiger partial charge is 0.269 e. The molecule has 0 N–H and O–H groups in total. The smallest absolute Gasteiger partial charge is 0.258 e. The maximum atomic E-state index is 11.0. The Labute approximate surface area is 198 Å². The van der Waals surface area contributed by atoms with Crippen molar-refractivity contribution in [2.24, 2.45) is 0 Å². The normalized spacial score (nSPS) is 10.3. The summed E-state index contributed by atoms with van der Waals surface area (Å²) in [5, 5.41) is 14.5. The third kappa shape index (κ3) is 4.85. The molecule has 0 atom stereocenters. The van der Waals surface area contributed by atoms with E-state index in [2.05, 4.69) is 48.0 Å². The maximum absolute atomic E-state index is 11.0. The number of hydrogen-bond acceptors (Lipinski definition) is 2. The van der Waals surface area contributed by atoms with Gasteiger partial charge in [0, 0.05) is 40.1 Å². The SMILES string of the molecule is O=[N+]([O-])c1ccc(C#C[P+](c2ccccc2)(c2ccccc2)c2ccccc2)cc1.[Au]. The van der Waals surface area contributed by atoms with Crippen molar-refractivity contribution in [2.45, 2.75) is 0 Å². The molecule has 0 spiro atoms. The second kappa shape index (κ2) is 10.4. The first kappa shape index (κ1) is 22.7. The van der Waals surface area contributed by atoms with Gasteiger partial charge in [0.15, 0.2) is 7.26 Å². The van der Waals surface area contributed by atoms with E-state index in [1.54, 1.807) is 12.1 Å². The Bertz CT molecular complexity index is 1110. The molecule has 0 bridgehead atoms. The van der Waals surface area contributed by atoms with Crippen molar-refractivity contribution >= 4 is 28.9 Å². The molecule has 31 heavy (non-hydrogen) atoms. The van der Waals surface area contributed by atoms with Crippen LogP contribution in [0.3, 0.4) is 0 Å².